The molecule has 0 fully saturated rings. The molecular weight excluding hydrogens is 677 g/mol. The number of nitrogens with one attached hydrogen (secondary N) is 1. The Bertz CT molecular complexity index is 2640. The molecule has 56 heavy (non-hydrogen) atoms. The molecule has 0 aliphatic carbocycles. The predicted octanol–water partition coefficient (Wildman–Crippen LogP) is 15.2. The van der Waals surface area contributed by atoms with Gasteiger partial charge in [-0.05, 0) is 111 Å². The third kappa shape index (κ3) is 7.50. The average Bonchev–Trinajstić information content (AvgIpc) is 3.29. The van der Waals surface area contributed by atoms with Crippen LogP contribution >= 0.6 is 0 Å². The molecule has 0 spiro atoms. The van der Waals surface area contributed by atoms with Crippen LogP contribution in [-0.2, 0) is 0 Å². The maximum Gasteiger partial charge on any atom is 0.0540 e. The molecule has 0 bridgehead atoms. The molecule has 2 nitrogen and oxygen atoms in total. The van der Waals surface area contributed by atoms with Crippen molar-refractivity contribution < 1.29 is 0 Å². The third-order valence-corrected chi connectivity index (χ3v) is 10.3. The van der Waals surface area contributed by atoms with Crippen LogP contribution < -0.4 is 10.2 Å². The fraction of sp³-hybridized carbons (Fsp3) is 0. The van der Waals surface area contributed by atoms with Gasteiger partial charge in [-0.3, -0.25) is 0 Å². The molecule has 0 saturated heterocycles. The molecule has 0 heterocycles. The first-order valence-electron chi connectivity index (χ1n) is 19.1. The summed E-state index contributed by atoms with van der Waals surface area (Å²) >= 11 is 0. The van der Waals surface area contributed by atoms with Crippen LogP contribution in [0.4, 0.5) is 28.4 Å². The number of benzene rings is 9. The highest BCUT2D eigenvalue weighted by Crippen LogP contribution is 2.43. The third-order valence-electron chi connectivity index (χ3n) is 10.3. The van der Waals surface area contributed by atoms with Crippen molar-refractivity contribution in [3.8, 4) is 55.6 Å². The molecule has 0 radical (unpaired) electrons. The van der Waals surface area contributed by atoms with E-state index in [2.05, 4.69) is 241 Å². The minimum Gasteiger partial charge on any atom is -0.356 e. The minimum atomic E-state index is 1.05. The summed E-state index contributed by atoms with van der Waals surface area (Å²) < 4.78 is 0. The van der Waals surface area contributed by atoms with Crippen LogP contribution in [0.15, 0.2) is 237 Å². The van der Waals surface area contributed by atoms with Gasteiger partial charge in [0.05, 0.1) is 5.69 Å². The Morgan fingerprint density at radius 2 is 0.554 bits per heavy atom. The summed E-state index contributed by atoms with van der Waals surface area (Å²) in [4.78, 5) is 2.38. The molecule has 0 aliphatic rings. The van der Waals surface area contributed by atoms with Gasteiger partial charge < -0.3 is 10.2 Å². The van der Waals surface area contributed by atoms with Crippen LogP contribution in [0, 0.1) is 0 Å². The summed E-state index contributed by atoms with van der Waals surface area (Å²) in [7, 11) is 0. The first kappa shape index (κ1) is 34.4. The first-order valence-corrected chi connectivity index (χ1v) is 19.1. The highest BCUT2D eigenvalue weighted by Gasteiger charge is 2.19. The van der Waals surface area contributed by atoms with Crippen molar-refractivity contribution in [1.82, 2.24) is 0 Å². The van der Waals surface area contributed by atoms with Crippen molar-refractivity contribution in [2.24, 2.45) is 0 Å². The number of nitrogens with zero attached hydrogens (tertiary/aromatic N) is 1. The van der Waals surface area contributed by atoms with E-state index in [1.54, 1.807) is 0 Å². The average molecular weight is 717 g/mol. The quantitative estimate of drug-likeness (QED) is 0.152. The van der Waals surface area contributed by atoms with Crippen LogP contribution in [0.1, 0.15) is 0 Å². The van der Waals surface area contributed by atoms with Crippen molar-refractivity contribution in [2.75, 3.05) is 10.2 Å². The molecule has 2 heteroatoms. The normalized spacial score (nSPS) is 10.9. The Morgan fingerprint density at radius 3 is 0.946 bits per heavy atom. The number of hydrogen-bond acceptors (Lipinski definition) is 2. The van der Waals surface area contributed by atoms with Gasteiger partial charge >= 0.3 is 0 Å². The van der Waals surface area contributed by atoms with Gasteiger partial charge in [0.1, 0.15) is 0 Å². The summed E-state index contributed by atoms with van der Waals surface area (Å²) in [6.45, 7) is 0. The lowest BCUT2D eigenvalue weighted by molar-refractivity contribution is 1.28. The second-order valence-electron chi connectivity index (χ2n) is 13.9. The molecule has 0 unspecified atom stereocenters. The lowest BCUT2D eigenvalue weighted by Crippen LogP contribution is -2.11. The van der Waals surface area contributed by atoms with Crippen molar-refractivity contribution >= 4 is 28.4 Å². The Balaban J connectivity index is 1.04. The van der Waals surface area contributed by atoms with Gasteiger partial charge in [0, 0.05) is 28.3 Å². The van der Waals surface area contributed by atoms with E-state index in [1.807, 2.05) is 6.07 Å². The second-order valence-corrected chi connectivity index (χ2v) is 13.9. The Kier molecular flexibility index (Phi) is 9.75. The number of anilines is 5. The summed E-state index contributed by atoms with van der Waals surface area (Å²) in [5.41, 5.74) is 17.3. The molecule has 9 aromatic carbocycles. The molecule has 0 aliphatic heterocycles. The fourth-order valence-electron chi connectivity index (χ4n) is 7.34. The van der Waals surface area contributed by atoms with Gasteiger partial charge in [-0.2, -0.15) is 0 Å². The van der Waals surface area contributed by atoms with E-state index in [1.165, 1.54) is 44.5 Å². The molecule has 1 N–H and O–H groups in total. The van der Waals surface area contributed by atoms with Gasteiger partial charge in [-0.25, -0.2) is 0 Å². The Labute approximate surface area is 329 Å². The first-order chi connectivity index (χ1) is 27.7. The van der Waals surface area contributed by atoms with Crippen LogP contribution in [0.5, 0.6) is 0 Å². The lowest BCUT2D eigenvalue weighted by atomic mass is 9.96. The zero-order chi connectivity index (χ0) is 37.5. The number of hydrogen-bond donors (Lipinski definition) is 1. The molecule has 9 aromatic rings. The van der Waals surface area contributed by atoms with Gasteiger partial charge in [0.15, 0.2) is 0 Å². The molecule has 0 saturated carbocycles. The van der Waals surface area contributed by atoms with Gasteiger partial charge in [0.25, 0.3) is 0 Å². The maximum absolute atomic E-state index is 3.56. The van der Waals surface area contributed by atoms with Gasteiger partial charge in [-0.15, -0.1) is 0 Å². The van der Waals surface area contributed by atoms with Gasteiger partial charge in [0.2, 0.25) is 0 Å². The fourth-order valence-corrected chi connectivity index (χ4v) is 7.34. The monoisotopic (exact) mass is 716 g/mol. The zero-order valence-corrected chi connectivity index (χ0v) is 31.0. The summed E-state index contributed by atoms with van der Waals surface area (Å²) in [6, 6.07) is 84.3. The Morgan fingerprint density at radius 1 is 0.250 bits per heavy atom. The van der Waals surface area contributed by atoms with Crippen molar-refractivity contribution in [3.63, 3.8) is 0 Å². The SMILES string of the molecule is c1ccc(-c2ccc(Nc3ccc(-c4ccc(N(c5ccc(-c6ccccc6)cc5)c5ccc(-c6ccccc6)cc5-c5ccccc5)cc4)cc3)cc2)cc1. The summed E-state index contributed by atoms with van der Waals surface area (Å²) in [5.74, 6) is 0. The van der Waals surface area contributed by atoms with Crippen LogP contribution in [0.2, 0.25) is 0 Å². The van der Waals surface area contributed by atoms with E-state index >= 15 is 0 Å². The predicted molar refractivity (Wildman–Crippen MR) is 238 cm³/mol. The molecule has 0 atom stereocenters. The second kappa shape index (κ2) is 15.9. The van der Waals surface area contributed by atoms with E-state index in [-0.39, 0.29) is 0 Å². The maximum atomic E-state index is 3.56. The van der Waals surface area contributed by atoms with Crippen molar-refractivity contribution in [2.45, 2.75) is 0 Å². The van der Waals surface area contributed by atoms with E-state index in [0.29, 0.717) is 0 Å². The largest absolute Gasteiger partial charge is 0.356 e. The topological polar surface area (TPSA) is 15.3 Å². The lowest BCUT2D eigenvalue weighted by Gasteiger charge is -2.29. The highest BCUT2D eigenvalue weighted by molar-refractivity contribution is 5.91. The molecular formula is C54H40N2. The van der Waals surface area contributed by atoms with Crippen molar-refractivity contribution in [3.05, 3.63) is 237 Å². The van der Waals surface area contributed by atoms with E-state index in [9.17, 15) is 0 Å². The zero-order valence-electron chi connectivity index (χ0n) is 31.0. The van der Waals surface area contributed by atoms with Crippen LogP contribution in [0.3, 0.4) is 0 Å². The number of rotatable bonds is 10. The minimum absolute atomic E-state index is 1.05. The summed E-state index contributed by atoms with van der Waals surface area (Å²) in [5, 5.41) is 3.56. The van der Waals surface area contributed by atoms with Crippen molar-refractivity contribution in [1.29, 1.82) is 0 Å². The van der Waals surface area contributed by atoms with Crippen LogP contribution in [-0.4, -0.2) is 0 Å². The van der Waals surface area contributed by atoms with Gasteiger partial charge in [-0.1, -0.05) is 176 Å². The smallest absolute Gasteiger partial charge is 0.0540 e. The molecule has 0 aromatic heterocycles. The molecule has 0 amide bonds. The van der Waals surface area contributed by atoms with E-state index in [0.717, 1.165) is 39.6 Å². The van der Waals surface area contributed by atoms with E-state index in [4.69, 9.17) is 0 Å². The standard InChI is InChI=1S/C54H40N2/c1-5-13-40(14-6-1)43-21-30-49(31-22-43)55-50-32-23-44(24-33-50)46-27-36-52(37-28-46)56(51-34-25-45(26-35-51)41-15-7-2-8-16-41)54-38-29-48(42-17-9-3-10-18-42)39-53(54)47-19-11-4-12-20-47/h1-39,55H. The Hall–Kier alpha value is -7.42. The van der Waals surface area contributed by atoms with Crippen LogP contribution in [0.25, 0.3) is 55.6 Å². The summed E-state index contributed by atoms with van der Waals surface area (Å²) in [6.07, 6.45) is 0. The highest BCUT2D eigenvalue weighted by atomic mass is 15.1. The molecule has 9 rings (SSSR count). The van der Waals surface area contributed by atoms with E-state index < -0.39 is 0 Å². The molecule has 266 valence electrons.